The molecule has 4 heteroatoms. The number of hydrogen-bond donors (Lipinski definition) is 1. The summed E-state index contributed by atoms with van der Waals surface area (Å²) >= 11 is 1.49. The van der Waals surface area contributed by atoms with Crippen LogP contribution >= 0.6 is 11.8 Å². The Kier molecular flexibility index (Phi) is 3.08. The molecule has 15 heavy (non-hydrogen) atoms. The third kappa shape index (κ3) is 2.40. The van der Waals surface area contributed by atoms with Crippen molar-refractivity contribution in [1.29, 1.82) is 0 Å². The molecule has 2 rings (SSSR count). The fourth-order valence-electron chi connectivity index (χ4n) is 1.30. The molecule has 2 aromatic rings. The van der Waals surface area contributed by atoms with Crippen molar-refractivity contribution in [3.63, 3.8) is 0 Å². The molecule has 78 valence electrons. The van der Waals surface area contributed by atoms with Crippen LogP contribution in [0.1, 0.15) is 18.5 Å². The monoisotopic (exact) mass is 220 g/mol. The van der Waals surface area contributed by atoms with Crippen molar-refractivity contribution >= 4 is 11.8 Å². The summed E-state index contributed by atoms with van der Waals surface area (Å²) < 4.78 is 5.18. The largest absolute Gasteiger partial charge is 0.440 e. The normalized spacial score (nSPS) is 12.7. The first-order valence-corrected chi connectivity index (χ1v) is 5.51. The van der Waals surface area contributed by atoms with Crippen LogP contribution < -0.4 is 5.73 Å². The highest BCUT2D eigenvalue weighted by Crippen LogP contribution is 2.31. The van der Waals surface area contributed by atoms with E-state index in [1.807, 2.05) is 31.2 Å². The first-order chi connectivity index (χ1) is 7.27. The predicted molar refractivity (Wildman–Crippen MR) is 59.7 cm³/mol. The Hall–Kier alpha value is -1.26. The number of hydrogen-bond acceptors (Lipinski definition) is 4. The quantitative estimate of drug-likeness (QED) is 0.864. The molecule has 0 spiro atoms. The van der Waals surface area contributed by atoms with E-state index in [1.54, 1.807) is 12.5 Å². The van der Waals surface area contributed by atoms with Gasteiger partial charge in [0.2, 0.25) is 0 Å². The molecular weight excluding hydrogens is 208 g/mol. The Morgan fingerprint density at radius 1 is 1.40 bits per heavy atom. The number of rotatable bonds is 3. The minimum absolute atomic E-state index is 0.0173. The maximum atomic E-state index is 5.88. The van der Waals surface area contributed by atoms with Gasteiger partial charge in [0.15, 0.2) is 0 Å². The van der Waals surface area contributed by atoms with Crippen molar-refractivity contribution in [2.45, 2.75) is 23.1 Å². The summed E-state index contributed by atoms with van der Waals surface area (Å²) in [4.78, 5) is 5.16. The van der Waals surface area contributed by atoms with E-state index in [9.17, 15) is 0 Å². The van der Waals surface area contributed by atoms with E-state index in [2.05, 4.69) is 4.98 Å². The molecule has 1 atom stereocenters. The van der Waals surface area contributed by atoms with Crippen molar-refractivity contribution in [1.82, 2.24) is 4.98 Å². The first kappa shape index (κ1) is 10.3. The smallest absolute Gasteiger partial charge is 0.260 e. The standard InChI is InChI=1S/C11H12N2OS/c1-8(12)9-4-2-3-5-10(9)15-11-13-6-7-14-11/h2-8H,12H2,1H3. The van der Waals surface area contributed by atoms with Crippen LogP contribution in [0.2, 0.25) is 0 Å². The summed E-state index contributed by atoms with van der Waals surface area (Å²) in [7, 11) is 0. The topological polar surface area (TPSA) is 52.0 Å². The van der Waals surface area contributed by atoms with Crippen LogP contribution in [0.5, 0.6) is 0 Å². The van der Waals surface area contributed by atoms with E-state index in [-0.39, 0.29) is 6.04 Å². The zero-order valence-electron chi connectivity index (χ0n) is 8.38. The molecular formula is C11H12N2OS. The van der Waals surface area contributed by atoms with Crippen LogP contribution in [0.3, 0.4) is 0 Å². The Morgan fingerprint density at radius 3 is 2.87 bits per heavy atom. The van der Waals surface area contributed by atoms with Gasteiger partial charge in [-0.2, -0.15) is 0 Å². The van der Waals surface area contributed by atoms with E-state index < -0.39 is 0 Å². The lowest BCUT2D eigenvalue weighted by atomic mass is 10.1. The number of aromatic nitrogens is 1. The van der Waals surface area contributed by atoms with Gasteiger partial charge < -0.3 is 10.2 Å². The van der Waals surface area contributed by atoms with Crippen LogP contribution in [-0.4, -0.2) is 4.98 Å². The van der Waals surface area contributed by atoms with Gasteiger partial charge in [-0.15, -0.1) is 0 Å². The molecule has 0 aliphatic carbocycles. The summed E-state index contributed by atoms with van der Waals surface area (Å²) in [6.45, 7) is 1.97. The summed E-state index contributed by atoms with van der Waals surface area (Å²) in [5.41, 5.74) is 6.99. The molecule has 0 aliphatic rings. The van der Waals surface area contributed by atoms with Crippen LogP contribution in [0.25, 0.3) is 0 Å². The summed E-state index contributed by atoms with van der Waals surface area (Å²) in [5, 5.41) is 0.642. The average molecular weight is 220 g/mol. The van der Waals surface area contributed by atoms with Gasteiger partial charge in [0.25, 0.3) is 5.22 Å². The molecule has 3 nitrogen and oxygen atoms in total. The lowest BCUT2D eigenvalue weighted by Crippen LogP contribution is -2.05. The Morgan fingerprint density at radius 2 is 2.20 bits per heavy atom. The average Bonchev–Trinajstić information content (AvgIpc) is 2.71. The van der Waals surface area contributed by atoms with E-state index >= 15 is 0 Å². The van der Waals surface area contributed by atoms with Crippen molar-refractivity contribution in [2.75, 3.05) is 0 Å². The second-order valence-corrected chi connectivity index (χ2v) is 4.22. The van der Waals surface area contributed by atoms with Crippen molar-refractivity contribution in [3.05, 3.63) is 42.3 Å². The molecule has 0 amide bonds. The van der Waals surface area contributed by atoms with Crippen LogP contribution in [0, 0.1) is 0 Å². The molecule has 2 N–H and O–H groups in total. The molecule has 1 aromatic carbocycles. The van der Waals surface area contributed by atoms with Gasteiger partial charge in [-0.1, -0.05) is 18.2 Å². The number of nitrogens with two attached hydrogens (primary N) is 1. The fraction of sp³-hybridized carbons (Fsp3) is 0.182. The third-order valence-electron chi connectivity index (χ3n) is 2.02. The molecule has 1 aromatic heterocycles. The highest BCUT2D eigenvalue weighted by Gasteiger charge is 2.09. The summed E-state index contributed by atoms with van der Waals surface area (Å²) in [6, 6.07) is 8.03. The van der Waals surface area contributed by atoms with Gasteiger partial charge in [0.1, 0.15) is 6.26 Å². The number of oxazole rings is 1. The number of nitrogens with zero attached hydrogens (tertiary/aromatic N) is 1. The molecule has 1 heterocycles. The highest BCUT2D eigenvalue weighted by molar-refractivity contribution is 7.99. The van der Waals surface area contributed by atoms with Crippen LogP contribution in [-0.2, 0) is 0 Å². The number of benzene rings is 1. The zero-order valence-corrected chi connectivity index (χ0v) is 9.20. The predicted octanol–water partition coefficient (Wildman–Crippen LogP) is 2.85. The minimum atomic E-state index is 0.0173. The van der Waals surface area contributed by atoms with Gasteiger partial charge >= 0.3 is 0 Å². The Labute approximate surface area is 92.7 Å². The van der Waals surface area contributed by atoms with Crippen molar-refractivity contribution in [2.24, 2.45) is 5.73 Å². The maximum Gasteiger partial charge on any atom is 0.260 e. The summed E-state index contributed by atoms with van der Waals surface area (Å²) in [5.74, 6) is 0. The highest BCUT2D eigenvalue weighted by atomic mass is 32.2. The van der Waals surface area contributed by atoms with Gasteiger partial charge in [-0.3, -0.25) is 0 Å². The van der Waals surface area contributed by atoms with Gasteiger partial charge in [-0.05, 0) is 30.3 Å². The minimum Gasteiger partial charge on any atom is -0.440 e. The fourth-order valence-corrected chi connectivity index (χ4v) is 2.23. The molecule has 0 radical (unpaired) electrons. The zero-order chi connectivity index (χ0) is 10.7. The Balaban J connectivity index is 2.28. The van der Waals surface area contributed by atoms with Gasteiger partial charge in [-0.25, -0.2) is 4.98 Å². The lowest BCUT2D eigenvalue weighted by molar-refractivity contribution is 0.454. The SMILES string of the molecule is CC(N)c1ccccc1Sc1ncco1. The third-order valence-corrected chi connectivity index (χ3v) is 2.98. The Bertz CT molecular complexity index is 426. The second-order valence-electron chi connectivity index (χ2n) is 3.23. The molecule has 0 saturated heterocycles. The second kappa shape index (κ2) is 4.51. The van der Waals surface area contributed by atoms with Crippen molar-refractivity contribution < 1.29 is 4.42 Å². The maximum absolute atomic E-state index is 5.88. The van der Waals surface area contributed by atoms with Crippen molar-refractivity contribution in [3.8, 4) is 0 Å². The van der Waals surface area contributed by atoms with E-state index in [0.29, 0.717) is 5.22 Å². The van der Waals surface area contributed by atoms with E-state index in [0.717, 1.165) is 10.5 Å². The molecule has 0 bridgehead atoms. The molecule has 0 aliphatic heterocycles. The first-order valence-electron chi connectivity index (χ1n) is 4.69. The van der Waals surface area contributed by atoms with Crippen LogP contribution in [0.15, 0.2) is 51.3 Å². The van der Waals surface area contributed by atoms with Crippen LogP contribution in [0.4, 0.5) is 0 Å². The van der Waals surface area contributed by atoms with E-state index in [1.165, 1.54) is 11.8 Å². The van der Waals surface area contributed by atoms with E-state index in [4.69, 9.17) is 10.2 Å². The summed E-state index contributed by atoms with van der Waals surface area (Å²) in [6.07, 6.45) is 3.20. The lowest BCUT2D eigenvalue weighted by Gasteiger charge is -2.09. The van der Waals surface area contributed by atoms with Gasteiger partial charge in [0, 0.05) is 10.9 Å². The van der Waals surface area contributed by atoms with Gasteiger partial charge in [0.05, 0.1) is 6.20 Å². The molecule has 1 unspecified atom stereocenters. The molecule has 0 saturated carbocycles. The molecule has 0 fully saturated rings.